The molecule has 0 saturated heterocycles. The van der Waals surface area contributed by atoms with Crippen LogP contribution in [0.2, 0.25) is 0 Å². The number of aromatic nitrogens is 4. The molecule has 0 fully saturated rings. The number of hydrogen-bond donors (Lipinski definition) is 0. The first kappa shape index (κ1) is 32.2. The van der Waals surface area contributed by atoms with E-state index in [0.29, 0.717) is 17.5 Å². The van der Waals surface area contributed by atoms with Crippen LogP contribution in [0.4, 0.5) is 0 Å². The van der Waals surface area contributed by atoms with Crippen molar-refractivity contribution >= 4 is 53.3 Å². The predicted octanol–water partition coefficient (Wildman–Crippen LogP) is 13.7. The Morgan fingerprint density at radius 2 is 0.893 bits per heavy atom. The molecule has 0 amide bonds. The van der Waals surface area contributed by atoms with E-state index in [0.717, 1.165) is 22.4 Å². The van der Waals surface area contributed by atoms with E-state index in [1.807, 2.05) is 72.0 Å². The summed E-state index contributed by atoms with van der Waals surface area (Å²) in [6.07, 6.45) is 0. The summed E-state index contributed by atoms with van der Waals surface area (Å²) in [4.78, 5) is 14.9. The molecule has 56 heavy (non-hydrogen) atoms. The van der Waals surface area contributed by atoms with Gasteiger partial charge in [-0.25, -0.2) is 15.0 Å². The summed E-state index contributed by atoms with van der Waals surface area (Å²) in [5.74, 6) is 1.97. The molecule has 11 rings (SSSR count). The minimum atomic E-state index is 0.657. The van der Waals surface area contributed by atoms with Crippen molar-refractivity contribution in [2.45, 2.75) is 0 Å². The van der Waals surface area contributed by atoms with Gasteiger partial charge in [0.25, 0.3) is 0 Å². The number of rotatable bonds is 6. The van der Waals surface area contributed by atoms with Crippen molar-refractivity contribution in [3.63, 3.8) is 0 Å². The van der Waals surface area contributed by atoms with Crippen molar-refractivity contribution in [3.8, 4) is 62.1 Å². The molecule has 0 aliphatic heterocycles. The summed E-state index contributed by atoms with van der Waals surface area (Å²) in [6.45, 7) is 0. The van der Waals surface area contributed by atoms with Crippen LogP contribution >= 0.6 is 11.3 Å². The second-order valence-corrected chi connectivity index (χ2v) is 15.0. The molecule has 0 radical (unpaired) electrons. The second kappa shape index (κ2) is 13.3. The van der Waals surface area contributed by atoms with Gasteiger partial charge in [-0.2, -0.15) is 0 Å². The van der Waals surface area contributed by atoms with Crippen molar-refractivity contribution in [1.29, 1.82) is 0 Å². The molecule has 262 valence electrons. The SMILES string of the molecule is c1ccc(-c2nc(-c3ccccc3)nc(-c3ccc4c(c3)sc3cccc(-c5ccccc5-c5cccc6c7ccccc7n(-c7ccccc7)c56)c34)n2)cc1. The van der Waals surface area contributed by atoms with Crippen molar-refractivity contribution < 1.29 is 0 Å². The van der Waals surface area contributed by atoms with Crippen LogP contribution in [0, 0.1) is 0 Å². The molecule has 0 aliphatic carbocycles. The van der Waals surface area contributed by atoms with Crippen LogP contribution in [0.1, 0.15) is 0 Å². The Kier molecular flexibility index (Phi) is 7.64. The Morgan fingerprint density at radius 1 is 0.357 bits per heavy atom. The molecule has 0 N–H and O–H groups in total. The molecule has 0 aliphatic rings. The van der Waals surface area contributed by atoms with Gasteiger partial charge in [0.1, 0.15) is 0 Å². The third-order valence-electron chi connectivity index (χ3n) is 10.7. The van der Waals surface area contributed by atoms with Crippen LogP contribution in [-0.4, -0.2) is 19.5 Å². The molecule has 8 aromatic carbocycles. The molecule has 3 heterocycles. The molecule has 0 saturated carbocycles. The number of fused-ring (bicyclic) bond motifs is 6. The topological polar surface area (TPSA) is 43.6 Å². The summed E-state index contributed by atoms with van der Waals surface area (Å²) in [5.41, 5.74) is 11.3. The first-order chi connectivity index (χ1) is 27.8. The van der Waals surface area contributed by atoms with Gasteiger partial charge in [0.15, 0.2) is 17.5 Å². The van der Waals surface area contributed by atoms with Gasteiger partial charge in [0.05, 0.1) is 11.0 Å². The van der Waals surface area contributed by atoms with Gasteiger partial charge in [-0.3, -0.25) is 0 Å². The van der Waals surface area contributed by atoms with Gasteiger partial charge in [0.2, 0.25) is 0 Å². The van der Waals surface area contributed by atoms with E-state index in [1.54, 1.807) is 0 Å². The van der Waals surface area contributed by atoms with Gasteiger partial charge in [-0.05, 0) is 47.0 Å². The first-order valence-electron chi connectivity index (χ1n) is 18.8. The molecule has 0 unspecified atom stereocenters. The lowest BCUT2D eigenvalue weighted by Crippen LogP contribution is -1.99. The molecular formula is C51H32N4S. The fourth-order valence-corrected chi connectivity index (χ4v) is 9.33. The first-order valence-corrected chi connectivity index (χ1v) is 19.6. The molecule has 3 aromatic heterocycles. The Bertz CT molecular complexity index is 3180. The van der Waals surface area contributed by atoms with E-state index in [1.165, 1.54) is 64.2 Å². The summed E-state index contributed by atoms with van der Waals surface area (Å²) < 4.78 is 4.86. The number of thiophene rings is 1. The standard InChI is InChI=1S/C51H32N4S/c1-4-16-33(17-5-1)49-52-50(34-18-6-2-7-19-34)54-51(53-49)35-30-31-43-46(32-35)56-45-29-15-25-40(47(43)45)37-22-10-11-23-38(37)41-26-14-27-42-39-24-12-13-28-44(39)55(48(41)42)36-20-8-3-9-21-36/h1-32H. The van der Waals surface area contributed by atoms with Crippen LogP contribution in [0.15, 0.2) is 194 Å². The maximum Gasteiger partial charge on any atom is 0.164 e. The Hall–Kier alpha value is -7.21. The van der Waals surface area contributed by atoms with Crippen molar-refractivity contribution in [2.24, 2.45) is 0 Å². The highest BCUT2D eigenvalue weighted by Gasteiger charge is 2.20. The lowest BCUT2D eigenvalue weighted by atomic mass is 9.91. The largest absolute Gasteiger partial charge is 0.309 e. The van der Waals surface area contributed by atoms with Crippen LogP contribution in [-0.2, 0) is 0 Å². The van der Waals surface area contributed by atoms with Crippen LogP contribution < -0.4 is 0 Å². The Morgan fingerprint density at radius 3 is 1.61 bits per heavy atom. The van der Waals surface area contributed by atoms with Gasteiger partial charge in [0, 0.05) is 58.9 Å². The summed E-state index contributed by atoms with van der Waals surface area (Å²) >= 11 is 1.81. The summed E-state index contributed by atoms with van der Waals surface area (Å²) in [7, 11) is 0. The second-order valence-electron chi connectivity index (χ2n) is 14.0. The van der Waals surface area contributed by atoms with E-state index in [-0.39, 0.29) is 0 Å². The third-order valence-corrected chi connectivity index (χ3v) is 11.8. The fraction of sp³-hybridized carbons (Fsp3) is 0. The number of benzene rings is 8. The molecule has 0 bridgehead atoms. The zero-order valence-electron chi connectivity index (χ0n) is 30.2. The molecule has 4 nitrogen and oxygen atoms in total. The normalized spacial score (nSPS) is 11.6. The zero-order valence-corrected chi connectivity index (χ0v) is 31.0. The van der Waals surface area contributed by atoms with Gasteiger partial charge < -0.3 is 4.57 Å². The highest BCUT2D eigenvalue weighted by atomic mass is 32.1. The van der Waals surface area contributed by atoms with Gasteiger partial charge in [-0.1, -0.05) is 164 Å². The van der Waals surface area contributed by atoms with Crippen molar-refractivity contribution in [1.82, 2.24) is 19.5 Å². The monoisotopic (exact) mass is 732 g/mol. The van der Waals surface area contributed by atoms with Crippen LogP contribution in [0.25, 0.3) is 104 Å². The molecule has 5 heteroatoms. The summed E-state index contributed by atoms with van der Waals surface area (Å²) in [5, 5.41) is 4.97. The van der Waals surface area contributed by atoms with E-state index in [2.05, 4.69) is 138 Å². The lowest BCUT2D eigenvalue weighted by molar-refractivity contribution is 1.07. The predicted molar refractivity (Wildman–Crippen MR) is 234 cm³/mol. The van der Waals surface area contributed by atoms with Crippen molar-refractivity contribution in [2.75, 3.05) is 0 Å². The fourth-order valence-electron chi connectivity index (χ4n) is 8.16. The van der Waals surface area contributed by atoms with Gasteiger partial charge in [-0.15, -0.1) is 11.3 Å². The molecule has 11 aromatic rings. The number of hydrogen-bond acceptors (Lipinski definition) is 4. The van der Waals surface area contributed by atoms with E-state index in [9.17, 15) is 0 Å². The zero-order chi connectivity index (χ0) is 37.0. The van der Waals surface area contributed by atoms with Crippen LogP contribution in [0.3, 0.4) is 0 Å². The van der Waals surface area contributed by atoms with E-state index < -0.39 is 0 Å². The maximum absolute atomic E-state index is 5.02. The van der Waals surface area contributed by atoms with Crippen molar-refractivity contribution in [3.05, 3.63) is 194 Å². The van der Waals surface area contributed by atoms with E-state index in [4.69, 9.17) is 15.0 Å². The number of nitrogens with zero attached hydrogens (tertiary/aromatic N) is 4. The Balaban J connectivity index is 1.09. The molecular weight excluding hydrogens is 701 g/mol. The number of para-hydroxylation sites is 3. The smallest absolute Gasteiger partial charge is 0.164 e. The van der Waals surface area contributed by atoms with Gasteiger partial charge >= 0.3 is 0 Å². The quantitative estimate of drug-likeness (QED) is 0.171. The highest BCUT2D eigenvalue weighted by molar-refractivity contribution is 7.26. The molecule has 0 spiro atoms. The minimum Gasteiger partial charge on any atom is -0.309 e. The highest BCUT2D eigenvalue weighted by Crippen LogP contribution is 2.46. The van der Waals surface area contributed by atoms with Crippen LogP contribution in [0.5, 0.6) is 0 Å². The lowest BCUT2D eigenvalue weighted by Gasteiger charge is -2.15. The average molecular weight is 733 g/mol. The summed E-state index contributed by atoms with van der Waals surface area (Å²) in [6, 6.07) is 68.7. The molecule has 0 atom stereocenters. The minimum absolute atomic E-state index is 0.657. The maximum atomic E-state index is 5.02. The average Bonchev–Trinajstić information content (AvgIpc) is 3.83. The third kappa shape index (κ3) is 5.32. The van der Waals surface area contributed by atoms with E-state index >= 15 is 0 Å². The Labute approximate surface area is 327 Å².